The molecule has 0 unspecified atom stereocenters. The highest BCUT2D eigenvalue weighted by molar-refractivity contribution is 6.34. The van der Waals surface area contributed by atoms with Crippen molar-refractivity contribution in [1.29, 1.82) is 0 Å². The van der Waals surface area contributed by atoms with Gasteiger partial charge in [-0.25, -0.2) is 4.79 Å². The molecule has 0 aliphatic carbocycles. The number of aliphatic carboxylic acids is 1. The van der Waals surface area contributed by atoms with Crippen molar-refractivity contribution in [2.24, 2.45) is 0 Å². The molecule has 0 aliphatic rings. The number of carbonyl (C=O) groups is 1. The van der Waals surface area contributed by atoms with Crippen LogP contribution >= 0.6 is 11.6 Å². The van der Waals surface area contributed by atoms with Crippen LogP contribution in [0.15, 0.2) is 51.7 Å². The van der Waals surface area contributed by atoms with Crippen LogP contribution in [0.5, 0.6) is 5.75 Å². The van der Waals surface area contributed by atoms with Gasteiger partial charge in [-0.15, -0.1) is 0 Å². The Kier molecular flexibility index (Phi) is 6.87. The number of fused-ring (bicyclic) bond motifs is 1. The molecule has 1 aromatic heterocycles. The predicted molar refractivity (Wildman–Crippen MR) is 106 cm³/mol. The summed E-state index contributed by atoms with van der Waals surface area (Å²) in [6.07, 6.45) is -4.37. The summed E-state index contributed by atoms with van der Waals surface area (Å²) in [5.74, 6) is -1.29. The fraction of sp³-hybridized carbons (Fsp3) is 0.238. The van der Waals surface area contributed by atoms with Gasteiger partial charge in [0.05, 0.1) is 34.7 Å². The van der Waals surface area contributed by atoms with Crippen LogP contribution in [0.3, 0.4) is 0 Å². The van der Waals surface area contributed by atoms with Crippen LogP contribution in [0.25, 0.3) is 22.3 Å². The molecule has 164 valence electrons. The lowest BCUT2D eigenvalue weighted by molar-refractivity contribution is -0.142. The summed E-state index contributed by atoms with van der Waals surface area (Å²) in [4.78, 5) is 22.9. The third kappa shape index (κ3) is 5.56. The summed E-state index contributed by atoms with van der Waals surface area (Å²) in [5.41, 5.74) is -1.10. The summed E-state index contributed by atoms with van der Waals surface area (Å²) in [7, 11) is 0. The minimum Gasteiger partial charge on any atom is -0.493 e. The zero-order chi connectivity index (χ0) is 22.6. The average molecular weight is 457 g/mol. The second kappa shape index (κ2) is 9.40. The van der Waals surface area contributed by atoms with E-state index in [4.69, 9.17) is 30.6 Å². The van der Waals surface area contributed by atoms with Crippen LogP contribution < -0.4 is 10.2 Å². The number of carboxylic acid groups (broad SMARTS) is 1. The zero-order valence-electron chi connectivity index (χ0n) is 15.9. The molecule has 1 N–H and O–H groups in total. The van der Waals surface area contributed by atoms with E-state index < -0.39 is 29.7 Å². The molecule has 0 amide bonds. The number of para-hydroxylation sites is 1. The van der Waals surface area contributed by atoms with Crippen molar-refractivity contribution in [3.8, 4) is 17.1 Å². The van der Waals surface area contributed by atoms with E-state index in [1.165, 1.54) is 12.1 Å². The summed E-state index contributed by atoms with van der Waals surface area (Å²) in [6, 6.07) is 8.61. The molecule has 0 radical (unpaired) electrons. The maximum absolute atomic E-state index is 13.2. The van der Waals surface area contributed by atoms with E-state index in [9.17, 15) is 22.8 Å². The number of hydrogen-bond acceptors (Lipinski definition) is 5. The number of benzene rings is 2. The van der Waals surface area contributed by atoms with E-state index in [2.05, 4.69) is 0 Å². The van der Waals surface area contributed by atoms with Gasteiger partial charge < -0.3 is 19.0 Å². The number of alkyl halides is 3. The van der Waals surface area contributed by atoms with Crippen molar-refractivity contribution >= 4 is 28.5 Å². The molecule has 0 saturated carbocycles. The lowest BCUT2D eigenvalue weighted by atomic mass is 10.1. The van der Waals surface area contributed by atoms with Gasteiger partial charge in [-0.1, -0.05) is 17.7 Å². The van der Waals surface area contributed by atoms with Crippen LogP contribution in [0.1, 0.15) is 12.0 Å². The van der Waals surface area contributed by atoms with Crippen molar-refractivity contribution in [1.82, 2.24) is 0 Å². The smallest absolute Gasteiger partial charge is 0.416 e. The van der Waals surface area contributed by atoms with E-state index in [1.54, 1.807) is 6.07 Å². The Labute approximate surface area is 178 Å². The number of ether oxygens (including phenoxy) is 2. The van der Waals surface area contributed by atoms with E-state index in [0.29, 0.717) is 0 Å². The van der Waals surface area contributed by atoms with Gasteiger partial charge in [0.1, 0.15) is 18.1 Å². The number of halogens is 4. The zero-order valence-corrected chi connectivity index (χ0v) is 16.6. The standard InChI is InChI=1S/C21H16ClF3O6/c22-15-4-1-3-13-16(26)10-18(31-20(13)15)14-6-5-12(21(23,24)25)9-17(14)30-8-2-7-29-11-19(27)28/h1,3-6,9-10H,2,7-8,11H2,(H,27,28). The molecular weight excluding hydrogens is 441 g/mol. The highest BCUT2D eigenvalue weighted by atomic mass is 35.5. The van der Waals surface area contributed by atoms with Crippen molar-refractivity contribution in [3.63, 3.8) is 0 Å². The van der Waals surface area contributed by atoms with Gasteiger partial charge in [-0.2, -0.15) is 13.2 Å². The first-order chi connectivity index (χ1) is 14.7. The SMILES string of the molecule is O=C(O)COCCCOc1cc(C(F)(F)F)ccc1-c1cc(=O)c2cccc(Cl)c2o1. The van der Waals surface area contributed by atoms with Gasteiger partial charge in [0.25, 0.3) is 0 Å². The van der Waals surface area contributed by atoms with Crippen molar-refractivity contribution in [2.45, 2.75) is 12.6 Å². The molecule has 0 aliphatic heterocycles. The van der Waals surface area contributed by atoms with Crippen LogP contribution in [0.4, 0.5) is 13.2 Å². The molecule has 0 atom stereocenters. The lowest BCUT2D eigenvalue weighted by Crippen LogP contribution is -2.11. The van der Waals surface area contributed by atoms with E-state index in [0.717, 1.165) is 24.3 Å². The molecule has 10 heteroatoms. The second-order valence-corrected chi connectivity index (χ2v) is 6.86. The first-order valence-electron chi connectivity index (χ1n) is 9.03. The summed E-state index contributed by atoms with van der Waals surface area (Å²) < 4.78 is 55.6. The van der Waals surface area contributed by atoms with Crippen LogP contribution in [0, 0.1) is 0 Å². The predicted octanol–water partition coefficient (Wildman–Crippen LogP) is 5.00. The van der Waals surface area contributed by atoms with Crippen molar-refractivity contribution in [2.75, 3.05) is 19.8 Å². The topological polar surface area (TPSA) is 86.0 Å². The summed E-state index contributed by atoms with van der Waals surface area (Å²) in [6.45, 7) is -0.494. The van der Waals surface area contributed by atoms with Crippen molar-refractivity contribution in [3.05, 3.63) is 63.3 Å². The van der Waals surface area contributed by atoms with Gasteiger partial charge in [0.2, 0.25) is 0 Å². The molecule has 0 bridgehead atoms. The lowest BCUT2D eigenvalue weighted by Gasteiger charge is -2.15. The normalized spacial score (nSPS) is 11.6. The Bertz CT molecular complexity index is 1160. The molecule has 3 aromatic rings. The molecule has 6 nitrogen and oxygen atoms in total. The molecule has 0 saturated heterocycles. The Morgan fingerprint density at radius 3 is 2.61 bits per heavy atom. The van der Waals surface area contributed by atoms with Crippen LogP contribution in [-0.2, 0) is 15.7 Å². The largest absolute Gasteiger partial charge is 0.493 e. The summed E-state index contributed by atoms with van der Waals surface area (Å²) >= 11 is 6.10. The minimum atomic E-state index is -4.60. The Morgan fingerprint density at radius 1 is 1.13 bits per heavy atom. The highest BCUT2D eigenvalue weighted by Crippen LogP contribution is 2.38. The summed E-state index contributed by atoms with van der Waals surface area (Å²) in [5, 5.41) is 8.95. The first-order valence-corrected chi connectivity index (χ1v) is 9.41. The molecule has 0 fully saturated rings. The first kappa shape index (κ1) is 22.6. The number of hydrogen-bond donors (Lipinski definition) is 1. The number of rotatable bonds is 8. The Morgan fingerprint density at radius 2 is 1.90 bits per heavy atom. The molecule has 3 rings (SSSR count). The van der Waals surface area contributed by atoms with Gasteiger partial charge in [-0.05, 0) is 30.3 Å². The van der Waals surface area contributed by atoms with E-state index >= 15 is 0 Å². The molecule has 2 aromatic carbocycles. The fourth-order valence-electron chi connectivity index (χ4n) is 2.80. The monoisotopic (exact) mass is 456 g/mol. The van der Waals surface area contributed by atoms with E-state index in [-0.39, 0.29) is 52.7 Å². The average Bonchev–Trinajstić information content (AvgIpc) is 2.70. The quantitative estimate of drug-likeness (QED) is 0.480. The Balaban J connectivity index is 1.94. The number of carboxylic acids is 1. The maximum atomic E-state index is 13.2. The van der Waals surface area contributed by atoms with Crippen LogP contribution in [0.2, 0.25) is 5.02 Å². The molecule has 1 heterocycles. The van der Waals surface area contributed by atoms with Crippen LogP contribution in [-0.4, -0.2) is 30.9 Å². The molecule has 31 heavy (non-hydrogen) atoms. The van der Waals surface area contributed by atoms with Gasteiger partial charge in [0.15, 0.2) is 11.0 Å². The maximum Gasteiger partial charge on any atom is 0.416 e. The van der Waals surface area contributed by atoms with Gasteiger partial charge in [0, 0.05) is 12.5 Å². The highest BCUT2D eigenvalue weighted by Gasteiger charge is 2.31. The third-order valence-corrected chi connectivity index (χ3v) is 4.49. The van der Waals surface area contributed by atoms with E-state index in [1.807, 2.05) is 0 Å². The van der Waals surface area contributed by atoms with Crippen molar-refractivity contribution < 1.29 is 37.0 Å². The fourth-order valence-corrected chi connectivity index (χ4v) is 3.01. The van der Waals surface area contributed by atoms with Gasteiger partial charge in [-0.3, -0.25) is 4.79 Å². The second-order valence-electron chi connectivity index (χ2n) is 6.45. The van der Waals surface area contributed by atoms with Gasteiger partial charge >= 0.3 is 12.1 Å². The minimum absolute atomic E-state index is 0.00329. The molecule has 0 spiro atoms. The Hall–Kier alpha value is -3.04. The third-order valence-electron chi connectivity index (χ3n) is 4.20. The molecular formula is C21H16ClF3O6.